The normalized spacial score (nSPS) is 11.1. The van der Waals surface area contributed by atoms with Crippen molar-refractivity contribution in [3.05, 3.63) is 23.5 Å². The van der Waals surface area contributed by atoms with E-state index in [-0.39, 0.29) is 24.4 Å². The molecular formula is C23H34N4O3. The molecule has 0 spiro atoms. The Hall–Kier alpha value is -2.70. The van der Waals surface area contributed by atoms with Crippen LogP contribution >= 0.6 is 0 Å². The van der Waals surface area contributed by atoms with Gasteiger partial charge in [-0.2, -0.15) is 0 Å². The number of pyridine rings is 1. The van der Waals surface area contributed by atoms with E-state index in [4.69, 9.17) is 19.4 Å². The molecular weight excluding hydrogens is 380 g/mol. The van der Waals surface area contributed by atoms with Crippen molar-refractivity contribution in [2.24, 2.45) is 0 Å². The van der Waals surface area contributed by atoms with Crippen molar-refractivity contribution in [1.29, 1.82) is 0 Å². The van der Waals surface area contributed by atoms with Crippen LogP contribution in [0.2, 0.25) is 0 Å². The van der Waals surface area contributed by atoms with E-state index in [0.717, 1.165) is 29.8 Å². The highest BCUT2D eigenvalue weighted by atomic mass is 16.5. The predicted octanol–water partition coefficient (Wildman–Crippen LogP) is 4.80. The highest BCUT2D eigenvalue weighted by molar-refractivity contribution is 5.77. The molecule has 2 heterocycles. The zero-order chi connectivity index (χ0) is 22.3. The van der Waals surface area contributed by atoms with Gasteiger partial charge in [0.25, 0.3) is 5.88 Å². The monoisotopic (exact) mass is 414 g/mol. The van der Waals surface area contributed by atoms with Crippen LogP contribution in [0.5, 0.6) is 11.8 Å². The highest BCUT2D eigenvalue weighted by Crippen LogP contribution is 2.34. The Bertz CT molecular complexity index is 864. The number of ether oxygens (including phenoxy) is 2. The number of hydrogen-bond acceptors (Lipinski definition) is 7. The summed E-state index contributed by atoms with van der Waals surface area (Å²) in [6.07, 6.45) is 2.55. The number of ketones is 1. The lowest BCUT2D eigenvalue weighted by Crippen LogP contribution is -2.17. The van der Waals surface area contributed by atoms with E-state index in [1.165, 1.54) is 6.92 Å². The molecule has 0 amide bonds. The van der Waals surface area contributed by atoms with Crippen LogP contribution in [0, 0.1) is 0 Å². The van der Waals surface area contributed by atoms with E-state index in [0.29, 0.717) is 29.7 Å². The maximum absolute atomic E-state index is 11.5. The minimum atomic E-state index is -0.0654. The van der Waals surface area contributed by atoms with Crippen LogP contribution in [0.3, 0.4) is 0 Å². The summed E-state index contributed by atoms with van der Waals surface area (Å²) >= 11 is 0. The maximum atomic E-state index is 11.5. The van der Waals surface area contributed by atoms with E-state index in [9.17, 15) is 4.79 Å². The second-order valence-electron chi connectivity index (χ2n) is 7.57. The molecule has 0 saturated heterocycles. The van der Waals surface area contributed by atoms with Crippen LogP contribution in [0.15, 0.2) is 12.1 Å². The molecule has 164 valence electrons. The Labute approximate surface area is 179 Å². The molecule has 0 saturated carbocycles. The maximum Gasteiger partial charge on any atom is 0.257 e. The molecule has 2 rings (SSSR count). The number of aromatic nitrogens is 3. The molecule has 0 aliphatic carbocycles. The van der Waals surface area contributed by atoms with Crippen molar-refractivity contribution in [2.75, 3.05) is 19.0 Å². The lowest BCUT2D eigenvalue weighted by molar-refractivity contribution is -0.118. The number of anilines is 1. The van der Waals surface area contributed by atoms with Gasteiger partial charge in [0.1, 0.15) is 12.7 Å². The number of carbonyl (C=O) groups excluding carboxylic acids is 1. The summed E-state index contributed by atoms with van der Waals surface area (Å²) < 4.78 is 11.9. The minimum Gasteiger partial charge on any atom is -0.472 e. The van der Waals surface area contributed by atoms with E-state index >= 15 is 0 Å². The summed E-state index contributed by atoms with van der Waals surface area (Å²) in [5.74, 6) is 1.64. The lowest BCUT2D eigenvalue weighted by atomic mass is 10.1. The van der Waals surface area contributed by atoms with Gasteiger partial charge in [0.2, 0.25) is 5.88 Å². The Morgan fingerprint density at radius 1 is 1.07 bits per heavy atom. The Morgan fingerprint density at radius 2 is 1.77 bits per heavy atom. The second kappa shape index (κ2) is 10.9. The molecule has 0 aliphatic heterocycles. The number of hydrogen-bond donors (Lipinski definition) is 1. The fourth-order valence-electron chi connectivity index (χ4n) is 3.01. The third-order valence-electron chi connectivity index (χ3n) is 4.84. The average molecular weight is 415 g/mol. The van der Waals surface area contributed by atoms with Crippen LogP contribution in [0.4, 0.5) is 5.82 Å². The van der Waals surface area contributed by atoms with Crippen LogP contribution in [-0.2, 0) is 11.2 Å². The molecule has 0 aliphatic rings. The molecule has 0 bridgehead atoms. The predicted molar refractivity (Wildman–Crippen MR) is 119 cm³/mol. The summed E-state index contributed by atoms with van der Waals surface area (Å²) in [4.78, 5) is 25.7. The standard InChI is InChI=1S/C23H34N4O3/c1-8-16(9-2)30-23-21(24-7)27-20(18(10-3)25-23)17-11-12-19(14(4)5)26-22(17)29-13-15(6)28/h11-12,14,16H,8-10,13H2,1-7H3,(H,24,27). The number of nitrogens with zero attached hydrogens (tertiary/aromatic N) is 3. The van der Waals surface area contributed by atoms with E-state index in [1.54, 1.807) is 7.05 Å². The van der Waals surface area contributed by atoms with E-state index in [2.05, 4.69) is 38.0 Å². The number of aryl methyl sites for hydroxylation is 1. The highest BCUT2D eigenvalue weighted by Gasteiger charge is 2.21. The fourth-order valence-corrected chi connectivity index (χ4v) is 3.01. The van der Waals surface area contributed by atoms with Crippen molar-refractivity contribution in [2.45, 2.75) is 72.8 Å². The molecule has 2 aromatic heterocycles. The number of carbonyl (C=O) groups is 1. The summed E-state index contributed by atoms with van der Waals surface area (Å²) in [7, 11) is 1.80. The first-order valence-corrected chi connectivity index (χ1v) is 10.7. The number of nitrogens with one attached hydrogen (secondary N) is 1. The zero-order valence-corrected chi connectivity index (χ0v) is 19.2. The van der Waals surface area contributed by atoms with Gasteiger partial charge in [0.15, 0.2) is 11.6 Å². The van der Waals surface area contributed by atoms with Gasteiger partial charge < -0.3 is 14.8 Å². The smallest absolute Gasteiger partial charge is 0.257 e. The van der Waals surface area contributed by atoms with Crippen molar-refractivity contribution >= 4 is 11.6 Å². The van der Waals surface area contributed by atoms with Gasteiger partial charge in [-0.25, -0.2) is 15.0 Å². The molecule has 0 radical (unpaired) electrons. The Morgan fingerprint density at radius 3 is 2.30 bits per heavy atom. The fraction of sp³-hybridized carbons (Fsp3) is 0.565. The van der Waals surface area contributed by atoms with Crippen LogP contribution in [0.1, 0.15) is 71.7 Å². The van der Waals surface area contributed by atoms with Gasteiger partial charge in [-0.1, -0.05) is 34.6 Å². The average Bonchev–Trinajstić information content (AvgIpc) is 2.75. The first kappa shape index (κ1) is 23.6. The first-order valence-electron chi connectivity index (χ1n) is 10.7. The van der Waals surface area contributed by atoms with Crippen molar-refractivity contribution < 1.29 is 14.3 Å². The first-order chi connectivity index (χ1) is 14.3. The van der Waals surface area contributed by atoms with Gasteiger partial charge in [-0.15, -0.1) is 0 Å². The summed E-state index contributed by atoms with van der Waals surface area (Å²) in [5.41, 5.74) is 3.09. The Balaban J connectivity index is 2.59. The largest absolute Gasteiger partial charge is 0.472 e. The second-order valence-corrected chi connectivity index (χ2v) is 7.57. The minimum absolute atomic E-state index is 0.0365. The molecule has 30 heavy (non-hydrogen) atoms. The molecule has 0 aromatic carbocycles. The molecule has 2 aromatic rings. The van der Waals surface area contributed by atoms with Gasteiger partial charge >= 0.3 is 0 Å². The molecule has 0 fully saturated rings. The molecule has 7 heteroatoms. The third kappa shape index (κ3) is 5.68. The zero-order valence-electron chi connectivity index (χ0n) is 19.2. The number of rotatable bonds is 11. The van der Waals surface area contributed by atoms with Gasteiger partial charge in [-0.05, 0) is 44.2 Å². The molecule has 1 N–H and O–H groups in total. The number of Topliss-reactive ketones (excluding diaryl/α,β-unsaturated/α-hetero) is 1. The van der Waals surface area contributed by atoms with Gasteiger partial charge in [0, 0.05) is 12.7 Å². The van der Waals surface area contributed by atoms with Crippen LogP contribution in [0.25, 0.3) is 11.3 Å². The van der Waals surface area contributed by atoms with Crippen LogP contribution in [-0.4, -0.2) is 40.5 Å². The van der Waals surface area contributed by atoms with Crippen LogP contribution < -0.4 is 14.8 Å². The SMILES string of the molecule is CCc1nc(OC(CC)CC)c(NC)nc1-c1ccc(C(C)C)nc1OCC(C)=O. The van der Waals surface area contributed by atoms with Crippen molar-refractivity contribution in [3.63, 3.8) is 0 Å². The molecule has 0 atom stereocenters. The van der Waals surface area contributed by atoms with E-state index in [1.807, 2.05) is 19.1 Å². The lowest BCUT2D eigenvalue weighted by Gasteiger charge is -2.20. The summed E-state index contributed by atoms with van der Waals surface area (Å²) in [6.45, 7) is 11.8. The third-order valence-corrected chi connectivity index (χ3v) is 4.84. The summed E-state index contributed by atoms with van der Waals surface area (Å²) in [6, 6.07) is 3.91. The topological polar surface area (TPSA) is 86.2 Å². The molecule has 7 nitrogen and oxygen atoms in total. The van der Waals surface area contributed by atoms with Gasteiger partial charge in [-0.3, -0.25) is 4.79 Å². The Kier molecular flexibility index (Phi) is 8.57. The van der Waals surface area contributed by atoms with Gasteiger partial charge in [0.05, 0.1) is 17.0 Å². The quantitative estimate of drug-likeness (QED) is 0.565. The summed E-state index contributed by atoms with van der Waals surface area (Å²) in [5, 5.41) is 3.10. The molecule has 0 unspecified atom stereocenters. The van der Waals surface area contributed by atoms with E-state index < -0.39 is 0 Å². The van der Waals surface area contributed by atoms with Crippen molar-refractivity contribution in [3.8, 4) is 23.0 Å². The van der Waals surface area contributed by atoms with Crippen molar-refractivity contribution in [1.82, 2.24) is 15.0 Å².